The molecule has 1 aromatic carbocycles. The number of anilines is 1. The van der Waals surface area contributed by atoms with E-state index in [9.17, 15) is 0 Å². The summed E-state index contributed by atoms with van der Waals surface area (Å²) in [6.45, 7) is 10.0. The minimum absolute atomic E-state index is 0.401. The minimum Gasteiger partial charge on any atom is -0.357 e. The summed E-state index contributed by atoms with van der Waals surface area (Å²) in [4.78, 5) is 5.89. The molecular formula is C24H28N6S. The van der Waals surface area contributed by atoms with E-state index in [1.807, 2.05) is 0 Å². The van der Waals surface area contributed by atoms with Gasteiger partial charge in [-0.25, -0.2) is 4.98 Å². The van der Waals surface area contributed by atoms with Crippen molar-refractivity contribution >= 4 is 16.5 Å². The Balaban J connectivity index is 1.31. The Bertz CT molecular complexity index is 1210. The molecule has 0 radical (unpaired) electrons. The van der Waals surface area contributed by atoms with Crippen molar-refractivity contribution in [3.05, 3.63) is 70.3 Å². The Morgan fingerprint density at radius 2 is 1.77 bits per heavy atom. The van der Waals surface area contributed by atoms with Crippen LogP contribution in [0.2, 0.25) is 0 Å². The second-order valence-electron chi connectivity index (χ2n) is 8.26. The first kappa shape index (κ1) is 20.0. The van der Waals surface area contributed by atoms with Crippen molar-refractivity contribution < 1.29 is 0 Å². The Morgan fingerprint density at radius 1 is 1.03 bits per heavy atom. The average molecular weight is 433 g/mol. The standard InChI is InChI=1S/C24H28N6S/c1-5-29-17(4)21(15(2)27-29)14-25-24-26-16(3)23(31-24)22-10-11-30(28-22)20-12-18-8-6-7-9-19(18)13-20/h6-11,20H,5,12-14H2,1-4H3,(H,25,26). The molecule has 1 aliphatic rings. The predicted molar refractivity (Wildman–Crippen MR) is 126 cm³/mol. The molecule has 0 amide bonds. The zero-order valence-corrected chi connectivity index (χ0v) is 19.3. The minimum atomic E-state index is 0.401. The first-order valence-corrected chi connectivity index (χ1v) is 11.7. The molecule has 0 saturated carbocycles. The van der Waals surface area contributed by atoms with Gasteiger partial charge in [-0.3, -0.25) is 9.36 Å². The van der Waals surface area contributed by atoms with Crippen molar-refractivity contribution in [3.63, 3.8) is 0 Å². The highest BCUT2D eigenvalue weighted by Crippen LogP contribution is 2.34. The molecule has 0 spiro atoms. The first-order valence-electron chi connectivity index (χ1n) is 10.9. The quantitative estimate of drug-likeness (QED) is 0.460. The molecule has 0 fully saturated rings. The molecule has 0 atom stereocenters. The number of nitrogens with one attached hydrogen (secondary N) is 1. The summed E-state index contributed by atoms with van der Waals surface area (Å²) in [6.07, 6.45) is 4.22. The molecule has 7 heteroatoms. The van der Waals surface area contributed by atoms with Crippen LogP contribution in [0.15, 0.2) is 36.5 Å². The van der Waals surface area contributed by atoms with Gasteiger partial charge in [0.25, 0.3) is 0 Å². The average Bonchev–Trinajstić information content (AvgIpc) is 3.52. The lowest BCUT2D eigenvalue weighted by Gasteiger charge is -2.09. The van der Waals surface area contributed by atoms with Gasteiger partial charge in [0.05, 0.1) is 22.3 Å². The number of hydrogen-bond donors (Lipinski definition) is 1. The fraction of sp³-hybridized carbons (Fsp3) is 0.375. The summed E-state index contributed by atoms with van der Waals surface area (Å²) >= 11 is 1.67. The molecule has 160 valence electrons. The van der Waals surface area contributed by atoms with E-state index in [4.69, 9.17) is 10.1 Å². The van der Waals surface area contributed by atoms with Gasteiger partial charge in [-0.1, -0.05) is 35.6 Å². The number of rotatable bonds is 6. The number of aromatic nitrogens is 5. The number of benzene rings is 1. The van der Waals surface area contributed by atoms with E-state index in [0.29, 0.717) is 6.04 Å². The van der Waals surface area contributed by atoms with Gasteiger partial charge >= 0.3 is 0 Å². The zero-order valence-electron chi connectivity index (χ0n) is 18.5. The highest BCUT2D eigenvalue weighted by Gasteiger charge is 2.24. The summed E-state index contributed by atoms with van der Waals surface area (Å²) in [5.41, 5.74) is 8.47. The molecule has 5 rings (SSSR count). The van der Waals surface area contributed by atoms with E-state index in [-0.39, 0.29) is 0 Å². The van der Waals surface area contributed by atoms with Gasteiger partial charge in [0.2, 0.25) is 0 Å². The summed E-state index contributed by atoms with van der Waals surface area (Å²) in [5.74, 6) is 0. The third-order valence-corrected chi connectivity index (χ3v) is 7.43. The van der Waals surface area contributed by atoms with E-state index >= 15 is 0 Å². The fourth-order valence-electron chi connectivity index (χ4n) is 4.56. The van der Waals surface area contributed by atoms with Crippen LogP contribution in [0.5, 0.6) is 0 Å². The number of thiazole rings is 1. The summed E-state index contributed by atoms with van der Waals surface area (Å²) < 4.78 is 4.19. The van der Waals surface area contributed by atoms with Gasteiger partial charge in [-0.05, 0) is 57.7 Å². The molecule has 31 heavy (non-hydrogen) atoms. The molecular weight excluding hydrogens is 404 g/mol. The van der Waals surface area contributed by atoms with Crippen molar-refractivity contribution in [1.82, 2.24) is 24.5 Å². The monoisotopic (exact) mass is 432 g/mol. The van der Waals surface area contributed by atoms with Crippen LogP contribution in [0.3, 0.4) is 0 Å². The van der Waals surface area contributed by atoms with Crippen LogP contribution in [0, 0.1) is 20.8 Å². The first-order chi connectivity index (χ1) is 15.0. The third kappa shape index (κ3) is 3.67. The smallest absolute Gasteiger partial charge is 0.183 e. The molecule has 0 aliphatic heterocycles. The van der Waals surface area contributed by atoms with Gasteiger partial charge < -0.3 is 5.32 Å². The number of nitrogens with zero attached hydrogens (tertiary/aromatic N) is 5. The number of hydrogen-bond acceptors (Lipinski definition) is 5. The molecule has 1 aliphatic carbocycles. The summed E-state index contributed by atoms with van der Waals surface area (Å²) in [6, 6.07) is 11.2. The third-order valence-electron chi connectivity index (χ3n) is 6.29. The maximum atomic E-state index is 4.93. The SMILES string of the molecule is CCn1nc(C)c(CNc2nc(C)c(-c3ccn(C4Cc5ccccc5C4)n3)s2)c1C. The van der Waals surface area contributed by atoms with Gasteiger partial charge in [0.15, 0.2) is 5.13 Å². The van der Waals surface area contributed by atoms with Crippen LogP contribution >= 0.6 is 11.3 Å². The van der Waals surface area contributed by atoms with Crippen molar-refractivity contribution in [2.45, 2.75) is 59.7 Å². The topological polar surface area (TPSA) is 60.6 Å². The highest BCUT2D eigenvalue weighted by atomic mass is 32.1. The van der Waals surface area contributed by atoms with E-state index in [0.717, 1.165) is 53.0 Å². The number of fused-ring (bicyclic) bond motifs is 1. The maximum Gasteiger partial charge on any atom is 0.183 e. The van der Waals surface area contributed by atoms with Crippen LogP contribution in [0.1, 0.15) is 46.7 Å². The van der Waals surface area contributed by atoms with Gasteiger partial charge in [0, 0.05) is 30.5 Å². The zero-order chi connectivity index (χ0) is 21.5. The number of aryl methyl sites for hydroxylation is 3. The van der Waals surface area contributed by atoms with Crippen molar-refractivity contribution in [2.24, 2.45) is 0 Å². The lowest BCUT2D eigenvalue weighted by molar-refractivity contribution is 0.476. The Morgan fingerprint density at radius 3 is 2.45 bits per heavy atom. The molecule has 0 unspecified atom stereocenters. The normalized spacial score (nSPS) is 13.7. The predicted octanol–water partition coefficient (Wildman–Crippen LogP) is 5.10. The molecule has 4 aromatic rings. The molecule has 3 heterocycles. The Kier molecular flexibility index (Phi) is 5.14. The lowest BCUT2D eigenvalue weighted by atomic mass is 10.1. The van der Waals surface area contributed by atoms with E-state index in [1.54, 1.807) is 11.3 Å². The van der Waals surface area contributed by atoms with Gasteiger partial charge in [-0.2, -0.15) is 10.2 Å². The van der Waals surface area contributed by atoms with E-state index < -0.39 is 0 Å². The fourth-order valence-corrected chi connectivity index (χ4v) is 5.48. The second-order valence-corrected chi connectivity index (χ2v) is 9.26. The Hall–Kier alpha value is -2.93. The van der Waals surface area contributed by atoms with E-state index in [1.165, 1.54) is 22.4 Å². The highest BCUT2D eigenvalue weighted by molar-refractivity contribution is 7.19. The van der Waals surface area contributed by atoms with Crippen molar-refractivity contribution in [3.8, 4) is 10.6 Å². The van der Waals surface area contributed by atoms with Crippen molar-refractivity contribution in [2.75, 3.05) is 5.32 Å². The molecule has 1 N–H and O–H groups in total. The lowest BCUT2D eigenvalue weighted by Crippen LogP contribution is -2.09. The van der Waals surface area contributed by atoms with Crippen LogP contribution in [-0.2, 0) is 25.9 Å². The molecule has 0 saturated heterocycles. The van der Waals surface area contributed by atoms with Crippen LogP contribution in [0.25, 0.3) is 10.6 Å². The molecule has 3 aromatic heterocycles. The maximum absolute atomic E-state index is 4.93. The van der Waals surface area contributed by atoms with E-state index in [2.05, 4.69) is 84.0 Å². The summed E-state index contributed by atoms with van der Waals surface area (Å²) in [7, 11) is 0. The second kappa shape index (κ2) is 7.96. The summed E-state index contributed by atoms with van der Waals surface area (Å²) in [5, 5.41) is 14.0. The van der Waals surface area contributed by atoms with Crippen LogP contribution < -0.4 is 5.32 Å². The molecule has 0 bridgehead atoms. The van der Waals surface area contributed by atoms with Crippen LogP contribution in [0.4, 0.5) is 5.13 Å². The van der Waals surface area contributed by atoms with Crippen LogP contribution in [-0.4, -0.2) is 24.5 Å². The van der Waals surface area contributed by atoms with Gasteiger partial charge in [0.1, 0.15) is 5.69 Å². The largest absolute Gasteiger partial charge is 0.357 e. The van der Waals surface area contributed by atoms with Gasteiger partial charge in [-0.15, -0.1) is 0 Å². The Labute approximate surface area is 187 Å². The van der Waals surface area contributed by atoms with Crippen molar-refractivity contribution in [1.29, 1.82) is 0 Å². The molecule has 6 nitrogen and oxygen atoms in total.